The van der Waals surface area contributed by atoms with Crippen molar-refractivity contribution in [2.45, 2.75) is 92.8 Å². The highest BCUT2D eigenvalue weighted by molar-refractivity contribution is 5.82. The molecule has 2 N–H and O–H groups in total. The molecule has 9 atom stereocenters. The third-order valence-electron chi connectivity index (χ3n) is 11.5. The maximum Gasteiger partial charge on any atom is 0.315 e. The summed E-state index contributed by atoms with van der Waals surface area (Å²) < 4.78 is 5.30. The molecule has 5 aliphatic rings. The van der Waals surface area contributed by atoms with E-state index in [0.717, 1.165) is 31.3 Å². The first-order valence-electron chi connectivity index (χ1n) is 13.2. The maximum atomic E-state index is 13.5. The number of esters is 1. The number of rotatable bonds is 2. The van der Waals surface area contributed by atoms with Gasteiger partial charge in [0.25, 0.3) is 0 Å². The number of allylic oxidation sites excluding steroid dienone is 4. The number of carboxylic acids is 1. The molecule has 0 aromatic carbocycles. The van der Waals surface area contributed by atoms with Crippen molar-refractivity contribution in [1.82, 2.24) is 0 Å². The van der Waals surface area contributed by atoms with E-state index < -0.39 is 23.1 Å². The van der Waals surface area contributed by atoms with Crippen LogP contribution >= 0.6 is 0 Å². The van der Waals surface area contributed by atoms with E-state index in [-0.39, 0.29) is 40.5 Å². The van der Waals surface area contributed by atoms with Gasteiger partial charge in [-0.3, -0.25) is 9.59 Å². The monoisotopic (exact) mass is 470 g/mol. The Balaban J connectivity index is 1.65. The summed E-state index contributed by atoms with van der Waals surface area (Å²) in [5.74, 6) is -0.584. The Morgan fingerprint density at radius 2 is 1.74 bits per heavy atom. The van der Waals surface area contributed by atoms with Crippen LogP contribution in [0.2, 0.25) is 0 Å². The summed E-state index contributed by atoms with van der Waals surface area (Å²) in [6.45, 7) is 13.3. The molecule has 34 heavy (non-hydrogen) atoms. The van der Waals surface area contributed by atoms with Gasteiger partial charge in [-0.1, -0.05) is 51.5 Å². The van der Waals surface area contributed by atoms with Gasteiger partial charge < -0.3 is 14.9 Å². The molecule has 0 radical (unpaired) electrons. The Morgan fingerprint density at radius 3 is 2.32 bits per heavy atom. The summed E-state index contributed by atoms with van der Waals surface area (Å²) in [7, 11) is 0. The van der Waals surface area contributed by atoms with Crippen LogP contribution in [-0.2, 0) is 14.3 Å². The molecule has 5 heteroatoms. The zero-order valence-electron chi connectivity index (χ0n) is 21.7. The molecule has 5 rings (SSSR count). The fourth-order valence-corrected chi connectivity index (χ4v) is 10.2. The summed E-state index contributed by atoms with van der Waals surface area (Å²) in [4.78, 5) is 26.6. The smallest absolute Gasteiger partial charge is 0.315 e. The third kappa shape index (κ3) is 2.77. The van der Waals surface area contributed by atoms with E-state index in [2.05, 4.69) is 45.9 Å². The fourth-order valence-electron chi connectivity index (χ4n) is 10.2. The Hall–Kier alpha value is -1.62. The van der Waals surface area contributed by atoms with Gasteiger partial charge in [0.05, 0.1) is 10.8 Å². The minimum Gasteiger partial charge on any atom is -0.481 e. The van der Waals surface area contributed by atoms with E-state index in [1.165, 1.54) is 0 Å². The van der Waals surface area contributed by atoms with Gasteiger partial charge in [0, 0.05) is 6.42 Å². The van der Waals surface area contributed by atoms with E-state index in [0.29, 0.717) is 24.7 Å². The number of cyclic esters (lactones) is 1. The summed E-state index contributed by atoms with van der Waals surface area (Å²) in [5.41, 5.74) is -0.848. The highest BCUT2D eigenvalue weighted by Crippen LogP contribution is 2.76. The largest absolute Gasteiger partial charge is 0.481 e. The minimum atomic E-state index is -1.09. The quantitative estimate of drug-likeness (QED) is 0.398. The summed E-state index contributed by atoms with van der Waals surface area (Å²) in [6, 6.07) is 0. The van der Waals surface area contributed by atoms with Crippen LogP contribution < -0.4 is 0 Å². The Bertz CT molecular complexity index is 975. The van der Waals surface area contributed by atoms with Gasteiger partial charge in [-0.15, -0.1) is 0 Å². The molecule has 188 valence electrons. The first kappa shape index (κ1) is 24.1. The first-order chi connectivity index (χ1) is 15.7. The molecule has 1 aliphatic heterocycles. The molecule has 1 saturated heterocycles. The molecular weight excluding hydrogens is 428 g/mol. The van der Waals surface area contributed by atoms with Crippen LogP contribution in [0.25, 0.3) is 0 Å². The zero-order chi connectivity index (χ0) is 24.9. The average molecular weight is 471 g/mol. The molecule has 0 aromatic rings. The van der Waals surface area contributed by atoms with Gasteiger partial charge >= 0.3 is 11.9 Å². The summed E-state index contributed by atoms with van der Waals surface area (Å²) in [6.07, 6.45) is 10.8. The Morgan fingerprint density at radius 1 is 1.03 bits per heavy atom. The molecule has 3 saturated carbocycles. The van der Waals surface area contributed by atoms with Crippen LogP contribution in [0.1, 0.15) is 86.5 Å². The predicted octanol–water partition coefficient (Wildman–Crippen LogP) is 5.73. The fraction of sp³-hybridized carbons (Fsp3) is 0.793. The summed E-state index contributed by atoms with van der Waals surface area (Å²) in [5, 5.41) is 21.3. The second-order valence-electron chi connectivity index (χ2n) is 13.5. The lowest BCUT2D eigenvalue weighted by molar-refractivity contribution is -0.225. The minimum absolute atomic E-state index is 0.00640. The molecule has 4 aliphatic carbocycles. The van der Waals surface area contributed by atoms with E-state index in [1.807, 2.05) is 13.8 Å². The summed E-state index contributed by atoms with van der Waals surface area (Å²) >= 11 is 0. The number of aliphatic hydroxyl groups is 1. The molecule has 4 fully saturated rings. The zero-order valence-corrected chi connectivity index (χ0v) is 21.7. The molecule has 1 unspecified atom stereocenters. The van der Waals surface area contributed by atoms with Crippen LogP contribution in [0.3, 0.4) is 0 Å². The number of aliphatic carboxylic acids is 1. The van der Waals surface area contributed by atoms with Crippen molar-refractivity contribution in [2.75, 3.05) is 0 Å². The highest BCUT2D eigenvalue weighted by Gasteiger charge is 2.74. The molecule has 0 amide bonds. The number of carboxylic acid groups (broad SMARTS) is 1. The van der Waals surface area contributed by atoms with Gasteiger partial charge in [0.15, 0.2) is 0 Å². The van der Waals surface area contributed by atoms with Crippen molar-refractivity contribution in [3.63, 3.8) is 0 Å². The van der Waals surface area contributed by atoms with E-state index >= 15 is 0 Å². The van der Waals surface area contributed by atoms with Gasteiger partial charge in [-0.25, -0.2) is 0 Å². The number of fused-ring (bicyclic) bond motifs is 5. The van der Waals surface area contributed by atoms with E-state index in [9.17, 15) is 19.8 Å². The number of hydrogen-bond acceptors (Lipinski definition) is 4. The van der Waals surface area contributed by atoms with Crippen molar-refractivity contribution in [3.8, 4) is 0 Å². The molecule has 1 spiro atoms. The number of carbonyl (C=O) groups excluding carboxylic acids is 1. The lowest BCUT2D eigenvalue weighted by Crippen LogP contribution is -2.67. The van der Waals surface area contributed by atoms with Crippen molar-refractivity contribution < 1.29 is 24.5 Å². The predicted molar refractivity (Wildman–Crippen MR) is 129 cm³/mol. The van der Waals surface area contributed by atoms with Crippen LogP contribution in [-0.4, -0.2) is 28.4 Å². The molecule has 0 aromatic heterocycles. The molecule has 5 nitrogen and oxygen atoms in total. The Labute approximate surface area is 204 Å². The second-order valence-corrected chi connectivity index (χ2v) is 13.5. The van der Waals surface area contributed by atoms with Gasteiger partial charge in [0.2, 0.25) is 6.29 Å². The van der Waals surface area contributed by atoms with Crippen LogP contribution in [0, 0.1) is 50.7 Å². The van der Waals surface area contributed by atoms with Crippen LogP contribution in [0.15, 0.2) is 23.8 Å². The normalized spacial score (nSPS) is 50.8. The van der Waals surface area contributed by atoms with Gasteiger partial charge in [0.1, 0.15) is 0 Å². The van der Waals surface area contributed by atoms with Crippen LogP contribution in [0.4, 0.5) is 0 Å². The lowest BCUT2D eigenvalue weighted by Gasteiger charge is -2.68. The van der Waals surface area contributed by atoms with E-state index in [1.54, 1.807) is 0 Å². The van der Waals surface area contributed by atoms with Crippen LogP contribution in [0.5, 0.6) is 0 Å². The van der Waals surface area contributed by atoms with Crippen molar-refractivity contribution in [1.29, 1.82) is 0 Å². The number of hydrogen-bond donors (Lipinski definition) is 2. The molecule has 1 heterocycles. The van der Waals surface area contributed by atoms with Crippen molar-refractivity contribution >= 4 is 11.9 Å². The van der Waals surface area contributed by atoms with Gasteiger partial charge in [-0.2, -0.15) is 0 Å². The van der Waals surface area contributed by atoms with Gasteiger partial charge in [-0.05, 0) is 92.3 Å². The number of carbonyl (C=O) groups is 2. The Kier molecular flexibility index (Phi) is 5.11. The highest BCUT2D eigenvalue weighted by atomic mass is 16.6. The maximum absolute atomic E-state index is 13.5. The van der Waals surface area contributed by atoms with E-state index in [4.69, 9.17) is 4.74 Å². The first-order valence-corrected chi connectivity index (χ1v) is 13.2. The molecule has 0 bridgehead atoms. The van der Waals surface area contributed by atoms with Crippen molar-refractivity contribution in [3.05, 3.63) is 23.8 Å². The number of aliphatic hydroxyl groups excluding tert-OH is 1. The molecular formula is C29H42O5. The SMILES string of the molecule is CC(C)=C[C@@H]1[C@H]2CC[C@@H]3[C@@]4(C)C=CC(C)(C)[C@@H]4CC[C@@]3(C)[C@]2(C(=O)O)CC[C@@]12CC(O)OC2=O. The average Bonchev–Trinajstić information content (AvgIpc) is 3.15. The third-order valence-corrected chi connectivity index (χ3v) is 11.5. The standard InChI is InChI=1S/C29H42O5/c1-17(2)15-19-18-7-8-21-26(5)12-11-25(3,4)20(26)9-10-27(21,6)29(18,23(31)32)14-13-28(19)16-22(30)34-24(28)33/h11-12,15,18-22,30H,7-10,13-14,16H2,1-6H3,(H,31,32)/t18-,19-,20+,21-,22?,26+,27-,28-,29-/m1/s1. The second kappa shape index (κ2) is 7.21. The van der Waals surface area contributed by atoms with Crippen molar-refractivity contribution in [2.24, 2.45) is 50.7 Å². The topological polar surface area (TPSA) is 83.8 Å². The lowest BCUT2D eigenvalue weighted by atomic mass is 9.34. The number of ether oxygens (including phenoxy) is 1.